The number of hydrogen-bond donors (Lipinski definition) is 1. The van der Waals surface area contributed by atoms with E-state index in [2.05, 4.69) is 0 Å². The first kappa shape index (κ1) is 17.7. The van der Waals surface area contributed by atoms with Gasteiger partial charge in [0.25, 0.3) is 0 Å². The van der Waals surface area contributed by atoms with Crippen molar-refractivity contribution in [2.75, 3.05) is 0 Å². The van der Waals surface area contributed by atoms with E-state index in [0.29, 0.717) is 29.8 Å². The topological polar surface area (TPSA) is 76.7 Å². The SMILES string of the molecule is O=CC1C(=O)C(=C(O)c2ccc(Cc3ccc(F)cc3)o2)Oc2ccccc21. The molecule has 1 aliphatic rings. The summed E-state index contributed by atoms with van der Waals surface area (Å²) in [6.45, 7) is 0. The third kappa shape index (κ3) is 3.20. The predicted octanol–water partition coefficient (Wildman–Crippen LogP) is 4.18. The second-order valence-electron chi connectivity index (χ2n) is 6.36. The highest BCUT2D eigenvalue weighted by molar-refractivity contribution is 6.12. The van der Waals surface area contributed by atoms with Crippen molar-refractivity contribution in [3.63, 3.8) is 0 Å². The molecular weight excluding hydrogens is 363 g/mol. The fourth-order valence-corrected chi connectivity index (χ4v) is 3.09. The molecule has 2 heterocycles. The van der Waals surface area contributed by atoms with E-state index in [0.717, 1.165) is 5.56 Å². The average molecular weight is 378 g/mol. The maximum atomic E-state index is 13.0. The molecule has 0 amide bonds. The normalized spacial score (nSPS) is 17.6. The van der Waals surface area contributed by atoms with Crippen LogP contribution in [0.15, 0.2) is 70.8 Å². The van der Waals surface area contributed by atoms with Gasteiger partial charge < -0.3 is 19.1 Å². The Morgan fingerprint density at radius 3 is 2.57 bits per heavy atom. The third-order valence-corrected chi connectivity index (χ3v) is 4.51. The van der Waals surface area contributed by atoms with E-state index >= 15 is 0 Å². The molecule has 1 aromatic heterocycles. The number of allylic oxidation sites excluding steroid dienone is 1. The predicted molar refractivity (Wildman–Crippen MR) is 98.3 cm³/mol. The quantitative estimate of drug-likeness (QED) is 0.319. The van der Waals surface area contributed by atoms with Crippen molar-refractivity contribution in [1.82, 2.24) is 0 Å². The maximum absolute atomic E-state index is 13.0. The van der Waals surface area contributed by atoms with Gasteiger partial charge in [-0.3, -0.25) is 4.79 Å². The van der Waals surface area contributed by atoms with Gasteiger partial charge in [-0.05, 0) is 35.9 Å². The van der Waals surface area contributed by atoms with Crippen molar-refractivity contribution < 1.29 is 28.2 Å². The molecular formula is C22H15FO5. The van der Waals surface area contributed by atoms with E-state index in [9.17, 15) is 19.1 Å². The average Bonchev–Trinajstić information content (AvgIpc) is 3.17. The number of rotatable bonds is 4. The number of carbonyl (C=O) groups excluding carboxylic acids is 2. The van der Waals surface area contributed by atoms with Gasteiger partial charge in [0, 0.05) is 12.0 Å². The lowest BCUT2D eigenvalue weighted by Gasteiger charge is -2.23. The van der Waals surface area contributed by atoms with Gasteiger partial charge in [0.15, 0.2) is 5.76 Å². The van der Waals surface area contributed by atoms with Gasteiger partial charge in [-0.2, -0.15) is 0 Å². The first-order chi connectivity index (χ1) is 13.6. The maximum Gasteiger partial charge on any atom is 0.216 e. The Morgan fingerprint density at radius 1 is 1.07 bits per heavy atom. The lowest BCUT2D eigenvalue weighted by molar-refractivity contribution is -0.123. The van der Waals surface area contributed by atoms with E-state index < -0.39 is 17.5 Å². The number of hydrogen-bond acceptors (Lipinski definition) is 5. The van der Waals surface area contributed by atoms with Crippen molar-refractivity contribution in [3.8, 4) is 5.75 Å². The Hall–Kier alpha value is -3.67. The molecule has 0 bridgehead atoms. The van der Waals surface area contributed by atoms with Crippen LogP contribution in [0.25, 0.3) is 5.76 Å². The van der Waals surface area contributed by atoms with Gasteiger partial charge >= 0.3 is 0 Å². The van der Waals surface area contributed by atoms with Gasteiger partial charge in [-0.15, -0.1) is 0 Å². The molecule has 0 saturated carbocycles. The number of halogens is 1. The number of ether oxygens (including phenoxy) is 1. The number of furan rings is 1. The van der Waals surface area contributed by atoms with Crippen LogP contribution in [-0.2, 0) is 16.0 Å². The molecule has 3 aromatic rings. The number of aliphatic hydroxyl groups is 1. The molecule has 4 rings (SSSR count). The van der Waals surface area contributed by atoms with E-state index in [-0.39, 0.29) is 17.3 Å². The van der Waals surface area contributed by atoms with Gasteiger partial charge in [0.05, 0.1) is 0 Å². The Bertz CT molecular complexity index is 1080. The van der Waals surface area contributed by atoms with Gasteiger partial charge in [-0.1, -0.05) is 30.3 Å². The highest BCUT2D eigenvalue weighted by atomic mass is 19.1. The molecule has 6 heteroatoms. The number of carbonyl (C=O) groups is 2. The minimum Gasteiger partial charge on any atom is -0.502 e. The smallest absolute Gasteiger partial charge is 0.216 e. The van der Waals surface area contributed by atoms with Crippen LogP contribution >= 0.6 is 0 Å². The number of ketones is 1. The van der Waals surface area contributed by atoms with Crippen LogP contribution in [0.4, 0.5) is 4.39 Å². The molecule has 2 aromatic carbocycles. The van der Waals surface area contributed by atoms with E-state index in [4.69, 9.17) is 9.15 Å². The fourth-order valence-electron chi connectivity index (χ4n) is 3.09. The monoisotopic (exact) mass is 378 g/mol. The Balaban J connectivity index is 1.65. The number of para-hydroxylation sites is 1. The standard InChI is InChI=1S/C22H15FO5/c23-14-7-5-13(6-8-14)11-15-9-10-19(27-15)21(26)22-20(25)17(12-24)16-3-1-2-4-18(16)28-22/h1-10,12,17,26H,11H2. The van der Waals surface area contributed by atoms with Crippen LogP contribution < -0.4 is 4.74 Å². The first-order valence-corrected chi connectivity index (χ1v) is 8.60. The minimum absolute atomic E-state index is 0.0458. The summed E-state index contributed by atoms with van der Waals surface area (Å²) in [5.41, 5.74) is 1.28. The molecule has 1 unspecified atom stereocenters. The molecule has 0 aliphatic carbocycles. The van der Waals surface area contributed by atoms with Crippen LogP contribution in [0, 0.1) is 5.82 Å². The van der Waals surface area contributed by atoms with Gasteiger partial charge in [-0.25, -0.2) is 4.39 Å². The van der Waals surface area contributed by atoms with E-state index in [1.165, 1.54) is 18.2 Å². The first-order valence-electron chi connectivity index (χ1n) is 8.60. The molecule has 1 N–H and O–H groups in total. The largest absolute Gasteiger partial charge is 0.502 e. The highest BCUT2D eigenvalue weighted by Gasteiger charge is 2.36. The number of aliphatic hydroxyl groups excluding tert-OH is 1. The van der Waals surface area contributed by atoms with Crippen LogP contribution in [0.5, 0.6) is 5.75 Å². The van der Waals surface area contributed by atoms with Gasteiger partial charge in [0.1, 0.15) is 29.5 Å². The number of aldehydes is 1. The molecule has 0 fully saturated rings. The molecule has 140 valence electrons. The summed E-state index contributed by atoms with van der Waals surface area (Å²) < 4.78 is 24.2. The number of Topliss-reactive ketones (excluding diaryl/α,β-unsaturated/α-hetero) is 1. The third-order valence-electron chi connectivity index (χ3n) is 4.51. The summed E-state index contributed by atoms with van der Waals surface area (Å²) in [4.78, 5) is 24.1. The molecule has 0 spiro atoms. The summed E-state index contributed by atoms with van der Waals surface area (Å²) in [6, 6.07) is 15.8. The zero-order chi connectivity index (χ0) is 19.7. The summed E-state index contributed by atoms with van der Waals surface area (Å²) in [5, 5.41) is 10.5. The van der Waals surface area contributed by atoms with E-state index in [1.807, 2.05) is 0 Å². The Labute approximate surface area is 159 Å². The van der Waals surface area contributed by atoms with Crippen molar-refractivity contribution in [2.45, 2.75) is 12.3 Å². The van der Waals surface area contributed by atoms with Crippen molar-refractivity contribution in [2.24, 2.45) is 0 Å². The minimum atomic E-state index is -1.05. The molecule has 0 saturated heterocycles. The van der Waals surface area contributed by atoms with Crippen molar-refractivity contribution >= 4 is 17.8 Å². The zero-order valence-corrected chi connectivity index (χ0v) is 14.6. The lowest BCUT2D eigenvalue weighted by Crippen LogP contribution is -2.26. The van der Waals surface area contributed by atoms with Crippen molar-refractivity contribution in [3.05, 3.63) is 94.9 Å². The molecule has 1 atom stereocenters. The zero-order valence-electron chi connectivity index (χ0n) is 14.6. The van der Waals surface area contributed by atoms with Crippen LogP contribution in [0.1, 0.15) is 28.6 Å². The molecule has 0 radical (unpaired) electrons. The number of benzene rings is 2. The Kier molecular flexibility index (Phi) is 4.53. The Morgan fingerprint density at radius 2 is 1.82 bits per heavy atom. The van der Waals surface area contributed by atoms with Crippen LogP contribution in [0.2, 0.25) is 0 Å². The summed E-state index contributed by atoms with van der Waals surface area (Å²) in [7, 11) is 0. The molecule has 28 heavy (non-hydrogen) atoms. The summed E-state index contributed by atoms with van der Waals surface area (Å²) >= 11 is 0. The van der Waals surface area contributed by atoms with E-state index in [1.54, 1.807) is 42.5 Å². The van der Waals surface area contributed by atoms with Gasteiger partial charge in [0.2, 0.25) is 17.3 Å². The molecule has 5 nitrogen and oxygen atoms in total. The van der Waals surface area contributed by atoms with Crippen LogP contribution in [-0.4, -0.2) is 17.2 Å². The fraction of sp³-hybridized carbons (Fsp3) is 0.0909. The second kappa shape index (κ2) is 7.15. The lowest BCUT2D eigenvalue weighted by atomic mass is 9.91. The second-order valence-corrected chi connectivity index (χ2v) is 6.36. The van der Waals surface area contributed by atoms with Crippen molar-refractivity contribution in [1.29, 1.82) is 0 Å². The van der Waals surface area contributed by atoms with Crippen LogP contribution in [0.3, 0.4) is 0 Å². The number of fused-ring (bicyclic) bond motifs is 1. The summed E-state index contributed by atoms with van der Waals surface area (Å²) in [5.74, 6) is -1.93. The molecule has 1 aliphatic heterocycles. The summed E-state index contributed by atoms with van der Waals surface area (Å²) in [6.07, 6.45) is 0.913. The highest BCUT2D eigenvalue weighted by Crippen LogP contribution is 2.36.